The van der Waals surface area contributed by atoms with Crippen LogP contribution in [0, 0.1) is 5.41 Å². The number of nitrogens with zero attached hydrogens (tertiary/aromatic N) is 2. The Balaban J connectivity index is 1.06. The number of hydrogen-bond donors (Lipinski definition) is 1. The van der Waals surface area contributed by atoms with E-state index in [4.69, 9.17) is 21.4 Å². The number of fused-ring (bicyclic) bond motifs is 1. The van der Waals surface area contributed by atoms with Crippen molar-refractivity contribution < 1.29 is 14.7 Å². The van der Waals surface area contributed by atoms with Gasteiger partial charge in [0, 0.05) is 46.0 Å². The number of carbonyl (C=O) groups is 1. The average Bonchev–Trinajstić information content (AvgIpc) is 3.98. The fourth-order valence-corrected chi connectivity index (χ4v) is 10.4. The zero-order chi connectivity index (χ0) is 37.3. The van der Waals surface area contributed by atoms with Crippen molar-refractivity contribution in [1.29, 1.82) is 0 Å². The van der Waals surface area contributed by atoms with Gasteiger partial charge in [0.05, 0.1) is 17.6 Å². The van der Waals surface area contributed by atoms with E-state index in [0.29, 0.717) is 23.5 Å². The zero-order valence-corrected chi connectivity index (χ0v) is 33.5. The summed E-state index contributed by atoms with van der Waals surface area (Å²) in [7, 11) is 0. The van der Waals surface area contributed by atoms with E-state index in [-0.39, 0.29) is 29.2 Å². The molecule has 3 aliphatic carbocycles. The molecule has 0 saturated heterocycles. The van der Waals surface area contributed by atoms with Gasteiger partial charge in [-0.3, -0.25) is 4.79 Å². The number of pyridine rings is 1. The van der Waals surface area contributed by atoms with Gasteiger partial charge >= 0.3 is 5.97 Å². The Hall–Kier alpha value is -3.16. The van der Waals surface area contributed by atoms with Crippen LogP contribution in [0.2, 0.25) is 5.02 Å². The molecule has 3 aromatic carbocycles. The molecule has 0 aliphatic heterocycles. The fourth-order valence-electron chi connectivity index (χ4n) is 8.62. The molecule has 7 rings (SSSR count). The Kier molecular flexibility index (Phi) is 13.5. The van der Waals surface area contributed by atoms with E-state index in [1.807, 2.05) is 36.0 Å². The minimum absolute atomic E-state index is 0.0102. The number of benzene rings is 3. The molecule has 3 saturated carbocycles. The van der Waals surface area contributed by atoms with Gasteiger partial charge in [-0.25, -0.2) is 4.98 Å². The molecule has 1 heterocycles. The third-order valence-electron chi connectivity index (χ3n) is 12.1. The third kappa shape index (κ3) is 10.4. The maximum atomic E-state index is 13.8. The van der Waals surface area contributed by atoms with E-state index >= 15 is 0 Å². The van der Waals surface area contributed by atoms with E-state index in [1.54, 1.807) is 0 Å². The number of aliphatic hydroxyl groups is 1. The Bertz CT molecular complexity index is 1860. The van der Waals surface area contributed by atoms with Crippen molar-refractivity contribution in [3.63, 3.8) is 0 Å². The SMILES string of the molecule is CC(CO)c1ccccc1CC[C@@H](SCC1(CC(=O)ON(C2CCCCC2)C2CCCCC2)CC1)c1cccc(C=Cc2ccc3ccc(Cl)cc3n2)c1. The first-order valence-corrected chi connectivity index (χ1v) is 21.9. The van der Waals surface area contributed by atoms with Crippen molar-refractivity contribution in [1.82, 2.24) is 10.0 Å². The number of thioether (sulfide) groups is 1. The summed E-state index contributed by atoms with van der Waals surface area (Å²) in [6.45, 7) is 2.24. The lowest BCUT2D eigenvalue weighted by molar-refractivity contribution is -0.224. The summed E-state index contributed by atoms with van der Waals surface area (Å²) in [4.78, 5) is 25.0. The number of halogens is 1. The number of aryl methyl sites for hydroxylation is 1. The van der Waals surface area contributed by atoms with Crippen molar-refractivity contribution in [2.75, 3.05) is 12.4 Å². The molecule has 7 heteroatoms. The largest absolute Gasteiger partial charge is 0.396 e. The van der Waals surface area contributed by atoms with Crippen LogP contribution in [0.3, 0.4) is 0 Å². The Morgan fingerprint density at radius 1 is 0.926 bits per heavy atom. The molecule has 0 spiro atoms. The minimum Gasteiger partial charge on any atom is -0.396 e. The van der Waals surface area contributed by atoms with Crippen molar-refractivity contribution in [2.45, 2.75) is 126 Å². The van der Waals surface area contributed by atoms with Crippen LogP contribution in [-0.2, 0) is 16.1 Å². The highest BCUT2D eigenvalue weighted by Crippen LogP contribution is 2.54. The number of aliphatic hydroxyl groups excluding tert-OH is 1. The number of hydroxylamine groups is 2. The molecule has 54 heavy (non-hydrogen) atoms. The molecule has 0 amide bonds. The molecule has 2 atom stereocenters. The molecule has 3 fully saturated rings. The molecule has 1 N–H and O–H groups in total. The summed E-state index contributed by atoms with van der Waals surface area (Å²) < 4.78 is 0. The van der Waals surface area contributed by atoms with Gasteiger partial charge in [0.25, 0.3) is 0 Å². The Labute approximate surface area is 331 Å². The van der Waals surface area contributed by atoms with E-state index in [1.165, 1.54) is 55.2 Å². The van der Waals surface area contributed by atoms with Crippen molar-refractivity contribution in [3.8, 4) is 0 Å². The van der Waals surface area contributed by atoms with Gasteiger partial charge in [-0.05, 0) is 103 Å². The second-order valence-electron chi connectivity index (χ2n) is 16.3. The van der Waals surface area contributed by atoms with Gasteiger partial charge in [-0.2, -0.15) is 11.8 Å². The highest BCUT2D eigenvalue weighted by molar-refractivity contribution is 7.99. The quantitative estimate of drug-likeness (QED) is 0.115. The van der Waals surface area contributed by atoms with Gasteiger partial charge in [-0.1, -0.05) is 124 Å². The molecule has 4 aromatic rings. The number of aromatic nitrogens is 1. The van der Waals surface area contributed by atoms with Crippen LogP contribution in [0.25, 0.3) is 23.1 Å². The molecule has 1 aromatic heterocycles. The van der Waals surface area contributed by atoms with E-state index in [2.05, 4.69) is 78.7 Å². The Morgan fingerprint density at radius 3 is 2.37 bits per heavy atom. The third-order valence-corrected chi connectivity index (χ3v) is 14.0. The molecule has 0 radical (unpaired) electrons. The topological polar surface area (TPSA) is 62.7 Å². The fraction of sp³-hybridized carbons (Fsp3) is 0.489. The first kappa shape index (κ1) is 39.1. The van der Waals surface area contributed by atoms with Crippen LogP contribution in [0.15, 0.2) is 78.9 Å². The predicted molar refractivity (Wildman–Crippen MR) is 226 cm³/mol. The highest BCUT2D eigenvalue weighted by Gasteiger charge is 2.46. The minimum atomic E-state index is -0.0237. The maximum absolute atomic E-state index is 13.8. The highest BCUT2D eigenvalue weighted by atomic mass is 35.5. The molecule has 3 aliphatic rings. The predicted octanol–water partition coefficient (Wildman–Crippen LogP) is 12.2. The van der Waals surface area contributed by atoms with Gasteiger partial charge in [0.15, 0.2) is 0 Å². The monoisotopic (exact) mass is 764 g/mol. The van der Waals surface area contributed by atoms with Crippen molar-refractivity contribution >= 4 is 52.4 Å². The summed E-state index contributed by atoms with van der Waals surface area (Å²) in [6.07, 6.45) is 20.9. The summed E-state index contributed by atoms with van der Waals surface area (Å²) >= 11 is 8.26. The van der Waals surface area contributed by atoms with Crippen LogP contribution in [-0.4, -0.2) is 45.6 Å². The van der Waals surface area contributed by atoms with Crippen molar-refractivity contribution in [3.05, 3.63) is 112 Å². The molecular formula is C47H57ClN2O3S. The van der Waals surface area contributed by atoms with Gasteiger partial charge < -0.3 is 9.94 Å². The average molecular weight is 766 g/mol. The van der Waals surface area contributed by atoms with Crippen LogP contribution >= 0.6 is 23.4 Å². The number of hydrogen-bond acceptors (Lipinski definition) is 6. The summed E-state index contributed by atoms with van der Waals surface area (Å²) in [6, 6.07) is 28.2. The van der Waals surface area contributed by atoms with Crippen LogP contribution in [0.5, 0.6) is 0 Å². The van der Waals surface area contributed by atoms with Crippen LogP contribution < -0.4 is 0 Å². The standard InChI is InChI=1S/C47H57ClN2O3S/c1-34(32-51)43-18-9-8-12-36(43)22-26-45(38-13-10-11-35(29-38)19-24-40-25-21-37-20-23-39(48)30-44(37)49-40)54-33-47(27-28-47)31-46(52)53-50(41-14-4-2-5-15-41)42-16-6-3-7-17-42/h8-13,18-21,23-25,29-30,34,41-42,45,51H,2-7,14-17,22,26-28,31-33H2,1H3/t34?,45-/m1/s1. The van der Waals surface area contributed by atoms with E-state index < -0.39 is 0 Å². The summed E-state index contributed by atoms with van der Waals surface area (Å²) in [5, 5.41) is 14.2. The zero-order valence-electron chi connectivity index (χ0n) is 31.9. The van der Waals surface area contributed by atoms with Gasteiger partial charge in [0.2, 0.25) is 0 Å². The molecular weight excluding hydrogens is 708 g/mol. The lowest BCUT2D eigenvalue weighted by Gasteiger charge is -2.39. The summed E-state index contributed by atoms with van der Waals surface area (Å²) in [5.41, 5.74) is 6.76. The van der Waals surface area contributed by atoms with Gasteiger partial charge in [-0.15, -0.1) is 5.06 Å². The molecule has 5 nitrogen and oxygen atoms in total. The maximum Gasteiger partial charge on any atom is 0.325 e. The second kappa shape index (κ2) is 18.7. The molecule has 1 unspecified atom stereocenters. The number of carbonyl (C=O) groups excluding carboxylic acids is 1. The molecule has 286 valence electrons. The summed E-state index contributed by atoms with van der Waals surface area (Å²) in [5.74, 6) is 1.02. The number of rotatable bonds is 16. The van der Waals surface area contributed by atoms with Crippen molar-refractivity contribution in [2.24, 2.45) is 5.41 Å². The van der Waals surface area contributed by atoms with Crippen LogP contribution in [0.1, 0.15) is 136 Å². The lowest BCUT2D eigenvalue weighted by atomic mass is 9.90. The first-order valence-electron chi connectivity index (χ1n) is 20.5. The second-order valence-corrected chi connectivity index (χ2v) is 17.9. The normalized spacial score (nSPS) is 19.0. The Morgan fingerprint density at radius 2 is 1.65 bits per heavy atom. The van der Waals surface area contributed by atoms with E-state index in [9.17, 15) is 9.90 Å². The molecule has 0 bridgehead atoms. The van der Waals surface area contributed by atoms with Crippen LogP contribution in [0.4, 0.5) is 0 Å². The smallest absolute Gasteiger partial charge is 0.325 e. The first-order chi connectivity index (χ1) is 26.4. The van der Waals surface area contributed by atoms with E-state index in [0.717, 1.165) is 79.3 Å². The van der Waals surface area contributed by atoms with Gasteiger partial charge in [0.1, 0.15) is 0 Å². The lowest BCUT2D eigenvalue weighted by Crippen LogP contribution is -2.46.